The minimum Gasteiger partial charge on any atom is -0.507 e. The van der Waals surface area contributed by atoms with Crippen molar-refractivity contribution in [3.05, 3.63) is 83.1 Å². The molecule has 0 aliphatic rings. The predicted molar refractivity (Wildman–Crippen MR) is 130 cm³/mol. The topological polar surface area (TPSA) is 86.2 Å². The summed E-state index contributed by atoms with van der Waals surface area (Å²) < 4.78 is 30.4. The second-order valence-corrected chi connectivity index (χ2v) is 8.51. The largest absolute Gasteiger partial charge is 0.507 e. The smallest absolute Gasteiger partial charge is 0.335 e. The summed E-state index contributed by atoms with van der Waals surface area (Å²) in [6.45, 7) is 1.65. The summed E-state index contributed by atoms with van der Waals surface area (Å²) in [5, 5.41) is 29.4. The van der Waals surface area contributed by atoms with Crippen molar-refractivity contribution < 1.29 is 23.8 Å². The Hall–Kier alpha value is -4.18. The van der Waals surface area contributed by atoms with E-state index in [2.05, 4.69) is 6.07 Å². The first kappa shape index (κ1) is 24.0. The molecule has 7 heteroatoms. The van der Waals surface area contributed by atoms with Gasteiger partial charge < -0.3 is 14.8 Å². The Morgan fingerprint density at radius 1 is 1.03 bits per heavy atom. The molecule has 0 unspecified atom stereocenters. The summed E-state index contributed by atoms with van der Waals surface area (Å²) in [6, 6.07) is 15.5. The van der Waals surface area contributed by atoms with Gasteiger partial charge in [-0.1, -0.05) is 18.6 Å². The van der Waals surface area contributed by atoms with E-state index < -0.39 is 11.8 Å². The number of unbranched alkanes of at least 4 members (excludes halogenated alkanes) is 3. The zero-order valence-corrected chi connectivity index (χ0v) is 19.2. The number of hydrogen-bond donors (Lipinski definition) is 2. The molecule has 3 aromatic carbocycles. The standard InChI is InChI=1S/C28H24F2N2O3/c1-17-14-21(11-12-22(17)30)32-23(6-4-2-3-5-13-31)26(18-7-9-19(10-8-18)28(34)35)27-24(32)15-20(29)16-25(27)33/h7-12,14-16,33H,2-6H2,1H3,(H,34,35). The Morgan fingerprint density at radius 3 is 2.43 bits per heavy atom. The number of nitrogens with zero attached hydrogens (tertiary/aromatic N) is 2. The van der Waals surface area contributed by atoms with Crippen LogP contribution in [-0.2, 0) is 6.42 Å². The lowest BCUT2D eigenvalue weighted by Crippen LogP contribution is -2.03. The summed E-state index contributed by atoms with van der Waals surface area (Å²) in [5.74, 6) is -2.26. The summed E-state index contributed by atoms with van der Waals surface area (Å²) in [4.78, 5) is 11.4. The molecule has 0 saturated carbocycles. The zero-order chi connectivity index (χ0) is 25.1. The third-order valence-electron chi connectivity index (χ3n) is 6.13. The monoisotopic (exact) mass is 474 g/mol. The highest BCUT2D eigenvalue weighted by molar-refractivity contribution is 6.03. The predicted octanol–water partition coefficient (Wildman–Crippen LogP) is 6.91. The Kier molecular flexibility index (Phi) is 6.83. The maximum atomic E-state index is 14.5. The zero-order valence-electron chi connectivity index (χ0n) is 19.2. The van der Waals surface area contributed by atoms with Crippen molar-refractivity contribution in [3.63, 3.8) is 0 Å². The average molecular weight is 475 g/mol. The molecule has 0 aliphatic heterocycles. The van der Waals surface area contributed by atoms with E-state index >= 15 is 0 Å². The number of carbonyl (C=O) groups is 1. The third kappa shape index (κ3) is 4.73. The van der Waals surface area contributed by atoms with Gasteiger partial charge in [0.25, 0.3) is 0 Å². The molecule has 0 fully saturated rings. The number of hydrogen-bond acceptors (Lipinski definition) is 3. The number of phenols is 1. The Labute approximate surface area is 201 Å². The second kappa shape index (κ2) is 9.98. The van der Waals surface area contributed by atoms with Crippen LogP contribution in [0, 0.1) is 29.9 Å². The third-order valence-corrected chi connectivity index (χ3v) is 6.13. The van der Waals surface area contributed by atoms with Crippen molar-refractivity contribution >= 4 is 16.9 Å². The lowest BCUT2D eigenvalue weighted by molar-refractivity contribution is 0.0697. The van der Waals surface area contributed by atoms with Crippen LogP contribution in [0.25, 0.3) is 27.7 Å². The fraction of sp³-hybridized carbons (Fsp3) is 0.214. The number of aromatic carboxylic acids is 1. The molecule has 4 rings (SSSR count). The molecular weight excluding hydrogens is 450 g/mol. The number of benzene rings is 3. The van der Waals surface area contributed by atoms with E-state index in [1.807, 2.05) is 4.57 Å². The van der Waals surface area contributed by atoms with E-state index in [0.717, 1.165) is 31.0 Å². The number of halogens is 2. The summed E-state index contributed by atoms with van der Waals surface area (Å²) in [6.07, 6.45) is 3.29. The molecule has 0 atom stereocenters. The number of rotatable bonds is 8. The maximum absolute atomic E-state index is 14.5. The first-order valence-corrected chi connectivity index (χ1v) is 11.3. The molecule has 178 valence electrons. The number of nitriles is 1. The number of aromatic nitrogens is 1. The fourth-order valence-corrected chi connectivity index (χ4v) is 4.48. The molecule has 1 aromatic heterocycles. The van der Waals surface area contributed by atoms with Crippen LogP contribution in [-0.4, -0.2) is 20.7 Å². The Morgan fingerprint density at radius 2 is 1.77 bits per heavy atom. The van der Waals surface area contributed by atoms with Crippen LogP contribution in [0.4, 0.5) is 8.78 Å². The van der Waals surface area contributed by atoms with E-state index in [0.29, 0.717) is 46.1 Å². The van der Waals surface area contributed by atoms with Gasteiger partial charge in [0, 0.05) is 29.4 Å². The van der Waals surface area contributed by atoms with Gasteiger partial charge in [0.15, 0.2) is 0 Å². The highest BCUT2D eigenvalue weighted by atomic mass is 19.1. The van der Waals surface area contributed by atoms with E-state index in [-0.39, 0.29) is 17.1 Å². The Balaban J connectivity index is 2.00. The minimum atomic E-state index is -1.05. The van der Waals surface area contributed by atoms with Crippen molar-refractivity contribution in [2.75, 3.05) is 0 Å². The van der Waals surface area contributed by atoms with Crippen LogP contribution in [0.1, 0.15) is 47.3 Å². The highest BCUT2D eigenvalue weighted by Gasteiger charge is 2.23. The molecule has 5 nitrogen and oxygen atoms in total. The van der Waals surface area contributed by atoms with Gasteiger partial charge in [0.2, 0.25) is 0 Å². The lowest BCUT2D eigenvalue weighted by atomic mass is 9.97. The van der Waals surface area contributed by atoms with E-state index in [9.17, 15) is 23.8 Å². The highest BCUT2D eigenvalue weighted by Crippen LogP contribution is 2.43. The van der Waals surface area contributed by atoms with Gasteiger partial charge in [-0.3, -0.25) is 0 Å². The molecule has 1 heterocycles. The average Bonchev–Trinajstić information content (AvgIpc) is 3.15. The van der Waals surface area contributed by atoms with Crippen molar-refractivity contribution in [3.8, 4) is 28.6 Å². The maximum Gasteiger partial charge on any atom is 0.335 e. The van der Waals surface area contributed by atoms with Gasteiger partial charge in [-0.05, 0) is 73.7 Å². The van der Waals surface area contributed by atoms with Crippen LogP contribution < -0.4 is 0 Å². The number of carboxylic acid groups (broad SMARTS) is 1. The van der Waals surface area contributed by atoms with Gasteiger partial charge in [0.05, 0.1) is 22.5 Å². The number of fused-ring (bicyclic) bond motifs is 1. The van der Waals surface area contributed by atoms with Gasteiger partial charge in [0.1, 0.15) is 17.4 Å². The number of phenolic OH excluding ortho intramolecular Hbond substituents is 1. The van der Waals surface area contributed by atoms with E-state index in [4.69, 9.17) is 5.26 Å². The van der Waals surface area contributed by atoms with Crippen molar-refractivity contribution in [2.24, 2.45) is 0 Å². The van der Waals surface area contributed by atoms with Crippen molar-refractivity contribution in [1.82, 2.24) is 4.57 Å². The molecule has 0 radical (unpaired) electrons. The van der Waals surface area contributed by atoms with Crippen molar-refractivity contribution in [2.45, 2.75) is 39.0 Å². The molecule has 0 saturated heterocycles. The van der Waals surface area contributed by atoms with Crippen molar-refractivity contribution in [1.29, 1.82) is 5.26 Å². The molecule has 4 aromatic rings. The molecule has 0 aliphatic carbocycles. The van der Waals surface area contributed by atoms with Gasteiger partial charge >= 0.3 is 5.97 Å². The lowest BCUT2D eigenvalue weighted by Gasteiger charge is -2.14. The summed E-state index contributed by atoms with van der Waals surface area (Å²) in [5.41, 5.74) is 3.73. The molecule has 0 amide bonds. The fourth-order valence-electron chi connectivity index (χ4n) is 4.48. The van der Waals surface area contributed by atoms with Crippen LogP contribution in [0.3, 0.4) is 0 Å². The summed E-state index contributed by atoms with van der Waals surface area (Å²) in [7, 11) is 0. The molecule has 2 N–H and O–H groups in total. The molecule has 0 bridgehead atoms. The normalized spacial score (nSPS) is 11.0. The SMILES string of the molecule is Cc1cc(-n2c(CCCCCC#N)c(-c3ccc(C(=O)O)cc3)c3c(O)cc(F)cc32)ccc1F. The summed E-state index contributed by atoms with van der Waals surface area (Å²) >= 11 is 0. The first-order valence-electron chi connectivity index (χ1n) is 11.3. The molecule has 0 spiro atoms. The van der Waals surface area contributed by atoms with Gasteiger partial charge in [-0.2, -0.15) is 5.26 Å². The molecular formula is C28H24F2N2O3. The van der Waals surface area contributed by atoms with E-state index in [1.54, 1.807) is 31.2 Å². The van der Waals surface area contributed by atoms with E-state index in [1.165, 1.54) is 24.3 Å². The number of carboxylic acids is 1. The first-order chi connectivity index (χ1) is 16.8. The number of aryl methyl sites for hydroxylation is 1. The van der Waals surface area contributed by atoms with Crippen LogP contribution in [0.5, 0.6) is 5.75 Å². The van der Waals surface area contributed by atoms with Gasteiger partial charge in [-0.25, -0.2) is 13.6 Å². The molecule has 35 heavy (non-hydrogen) atoms. The van der Waals surface area contributed by atoms with Crippen LogP contribution in [0.15, 0.2) is 54.6 Å². The Bertz CT molecular complexity index is 1450. The van der Waals surface area contributed by atoms with Crippen LogP contribution in [0.2, 0.25) is 0 Å². The van der Waals surface area contributed by atoms with Crippen LogP contribution >= 0.6 is 0 Å². The minimum absolute atomic E-state index is 0.125. The number of aromatic hydroxyl groups is 1. The van der Waals surface area contributed by atoms with Gasteiger partial charge in [-0.15, -0.1) is 0 Å². The second-order valence-electron chi connectivity index (χ2n) is 8.51. The quantitative estimate of drug-likeness (QED) is 0.272.